The predicted octanol–water partition coefficient (Wildman–Crippen LogP) is 6.48. The highest BCUT2D eigenvalue weighted by Gasteiger charge is 2.44. The minimum Gasteiger partial charge on any atom is -0.462 e. The molecule has 1 nitrogen and oxygen atoms in total. The van der Waals surface area contributed by atoms with Gasteiger partial charge in [0, 0.05) is 0 Å². The summed E-state index contributed by atoms with van der Waals surface area (Å²) in [5.74, 6) is -0.953. The van der Waals surface area contributed by atoms with E-state index < -0.39 is 20.0 Å². The van der Waals surface area contributed by atoms with Gasteiger partial charge in [0.25, 0.3) is 0 Å². The molecule has 0 bridgehead atoms. The summed E-state index contributed by atoms with van der Waals surface area (Å²) in [6.45, 7) is 10.2. The van der Waals surface area contributed by atoms with Crippen LogP contribution in [0, 0.1) is 0 Å². The molecule has 1 aliphatic rings. The number of hydrogen-bond acceptors (Lipinski definition) is 1. The minimum atomic E-state index is -4.53. The van der Waals surface area contributed by atoms with E-state index in [2.05, 4.69) is 0 Å². The monoisotopic (exact) mass is 352 g/mol. The van der Waals surface area contributed by atoms with Crippen LogP contribution in [0.1, 0.15) is 26.3 Å². The fourth-order valence-corrected chi connectivity index (χ4v) is 3.80. The summed E-state index contributed by atoms with van der Waals surface area (Å²) in [6.07, 6.45) is 0.00454. The summed E-state index contributed by atoms with van der Waals surface area (Å²) >= 11 is 0. The van der Waals surface area contributed by atoms with E-state index >= 15 is 0 Å². The molecular formula is C19H23F3OSi. The quantitative estimate of drug-likeness (QED) is 0.554. The van der Waals surface area contributed by atoms with Gasteiger partial charge < -0.3 is 4.74 Å². The molecular weight excluding hydrogens is 329 g/mol. The second kappa shape index (κ2) is 6.28. The predicted molar refractivity (Wildman–Crippen MR) is 94.9 cm³/mol. The fraction of sp³-hybridized carbons (Fsp3) is 0.368. The molecule has 0 amide bonds. The van der Waals surface area contributed by atoms with E-state index in [1.807, 2.05) is 52.1 Å². The van der Waals surface area contributed by atoms with Crippen LogP contribution in [0.25, 0.3) is 5.57 Å². The summed E-state index contributed by atoms with van der Waals surface area (Å²) in [5.41, 5.74) is 1.23. The van der Waals surface area contributed by atoms with Gasteiger partial charge in [0.1, 0.15) is 8.07 Å². The van der Waals surface area contributed by atoms with E-state index in [1.54, 1.807) is 24.3 Å². The SMILES string of the molecule is CC(C)(C)[Si](C)(C)C1=CC=C(c2ccccc2)C=C(C(F)(F)F)O1. The van der Waals surface area contributed by atoms with Crippen molar-refractivity contribution in [2.45, 2.75) is 45.1 Å². The summed E-state index contributed by atoms with van der Waals surface area (Å²) < 4.78 is 45.7. The van der Waals surface area contributed by atoms with Gasteiger partial charge in [0.15, 0.2) is 0 Å². The van der Waals surface area contributed by atoms with Gasteiger partial charge in [-0.25, -0.2) is 0 Å². The molecule has 0 fully saturated rings. The lowest BCUT2D eigenvalue weighted by Crippen LogP contribution is -2.41. The average Bonchev–Trinajstić information content (AvgIpc) is 2.70. The summed E-state index contributed by atoms with van der Waals surface area (Å²) in [5, 5.41) is 0.324. The van der Waals surface area contributed by atoms with E-state index in [0.29, 0.717) is 11.0 Å². The highest BCUT2D eigenvalue weighted by Crippen LogP contribution is 2.44. The van der Waals surface area contributed by atoms with Crippen molar-refractivity contribution < 1.29 is 17.9 Å². The lowest BCUT2D eigenvalue weighted by Gasteiger charge is -2.38. The van der Waals surface area contributed by atoms with Crippen molar-refractivity contribution in [3.63, 3.8) is 0 Å². The Hall–Kier alpha value is -1.75. The molecule has 0 aliphatic carbocycles. The number of alkyl halides is 3. The Balaban J connectivity index is 2.57. The zero-order valence-corrected chi connectivity index (χ0v) is 15.7. The van der Waals surface area contributed by atoms with E-state index in [9.17, 15) is 13.2 Å². The molecule has 0 radical (unpaired) electrons. The van der Waals surface area contributed by atoms with Gasteiger partial charge in [-0.1, -0.05) is 70.3 Å². The molecule has 1 aromatic rings. The zero-order chi connectivity index (χ0) is 18.2. The van der Waals surface area contributed by atoms with Gasteiger partial charge in [-0.05, 0) is 28.3 Å². The first-order valence-corrected chi connectivity index (χ1v) is 10.9. The zero-order valence-electron chi connectivity index (χ0n) is 14.7. The van der Waals surface area contributed by atoms with Crippen LogP contribution < -0.4 is 0 Å². The molecule has 2 rings (SSSR count). The molecule has 0 spiro atoms. The number of benzene rings is 1. The summed E-state index contributed by atoms with van der Waals surface area (Å²) in [7, 11) is -2.23. The lowest BCUT2D eigenvalue weighted by atomic mass is 10.0. The molecule has 0 saturated carbocycles. The molecule has 0 saturated heterocycles. The van der Waals surface area contributed by atoms with Crippen LogP contribution in [0.2, 0.25) is 18.1 Å². The van der Waals surface area contributed by atoms with Crippen LogP contribution in [0.4, 0.5) is 13.2 Å². The smallest absolute Gasteiger partial charge is 0.449 e. The summed E-state index contributed by atoms with van der Waals surface area (Å²) in [4.78, 5) is 0. The normalized spacial score (nSPS) is 16.6. The van der Waals surface area contributed by atoms with Gasteiger partial charge in [-0.15, -0.1) is 0 Å². The molecule has 1 aliphatic heterocycles. The number of ether oxygens (including phenoxy) is 1. The maximum atomic E-state index is 13.4. The molecule has 0 N–H and O–H groups in total. The second-order valence-electron chi connectivity index (χ2n) is 7.50. The molecule has 5 heteroatoms. The van der Waals surface area contributed by atoms with Gasteiger partial charge >= 0.3 is 6.18 Å². The van der Waals surface area contributed by atoms with Crippen molar-refractivity contribution >= 4 is 13.6 Å². The first kappa shape index (κ1) is 18.6. The molecule has 0 atom stereocenters. The Morgan fingerprint density at radius 3 is 2.00 bits per heavy atom. The van der Waals surface area contributed by atoms with Crippen molar-refractivity contribution in [1.29, 1.82) is 0 Å². The van der Waals surface area contributed by atoms with E-state index in [4.69, 9.17) is 4.74 Å². The van der Waals surface area contributed by atoms with Gasteiger partial charge in [-0.2, -0.15) is 13.2 Å². The van der Waals surface area contributed by atoms with E-state index in [0.717, 1.165) is 11.6 Å². The Labute approximate surface area is 142 Å². The second-order valence-corrected chi connectivity index (χ2v) is 12.7. The topological polar surface area (TPSA) is 9.23 Å². The van der Waals surface area contributed by atoms with E-state index in [1.165, 1.54) is 0 Å². The van der Waals surface area contributed by atoms with E-state index in [-0.39, 0.29) is 5.04 Å². The van der Waals surface area contributed by atoms with Gasteiger partial charge in [0.05, 0.1) is 5.38 Å². The van der Waals surface area contributed by atoms with Crippen molar-refractivity contribution in [2.75, 3.05) is 0 Å². The molecule has 1 heterocycles. The maximum absolute atomic E-state index is 13.4. The number of allylic oxidation sites excluding steroid dienone is 5. The van der Waals surface area contributed by atoms with Gasteiger partial charge in [0.2, 0.25) is 5.76 Å². The first-order valence-electron chi connectivity index (χ1n) is 7.87. The molecule has 24 heavy (non-hydrogen) atoms. The van der Waals surface area contributed by atoms with Crippen molar-refractivity contribution in [1.82, 2.24) is 0 Å². The molecule has 0 aromatic heterocycles. The third kappa shape index (κ3) is 3.83. The van der Waals surface area contributed by atoms with Crippen LogP contribution in [0.3, 0.4) is 0 Å². The Morgan fingerprint density at radius 2 is 1.50 bits per heavy atom. The third-order valence-electron chi connectivity index (χ3n) is 4.80. The maximum Gasteiger partial charge on any atom is 0.449 e. The highest BCUT2D eigenvalue weighted by atomic mass is 28.3. The number of halogens is 3. The minimum absolute atomic E-state index is 0.124. The Morgan fingerprint density at radius 1 is 0.917 bits per heavy atom. The van der Waals surface area contributed by atoms with Crippen LogP contribution in [0.15, 0.2) is 59.7 Å². The molecule has 130 valence electrons. The number of rotatable bonds is 2. The fourth-order valence-electron chi connectivity index (χ4n) is 2.19. The number of hydrogen-bond donors (Lipinski definition) is 0. The molecule has 0 unspecified atom stereocenters. The van der Waals surface area contributed by atoms with Crippen molar-refractivity contribution in [3.8, 4) is 0 Å². The van der Waals surface area contributed by atoms with Crippen LogP contribution in [-0.4, -0.2) is 14.3 Å². The molecule has 1 aromatic carbocycles. The third-order valence-corrected chi connectivity index (χ3v) is 10.0. The average molecular weight is 352 g/mol. The Bertz CT molecular complexity index is 690. The summed E-state index contributed by atoms with van der Waals surface area (Å²) in [6, 6.07) is 9.04. The van der Waals surface area contributed by atoms with Crippen LogP contribution >= 0.6 is 0 Å². The van der Waals surface area contributed by atoms with Crippen molar-refractivity contribution in [3.05, 3.63) is 65.3 Å². The standard InChI is InChI=1S/C19H23F3OSi/c1-18(2,3)24(4,5)17-12-11-15(14-9-7-6-8-10-14)13-16(23-17)19(20,21)22/h6-13H,1-5H3. The van der Waals surface area contributed by atoms with Crippen LogP contribution in [-0.2, 0) is 4.74 Å². The lowest BCUT2D eigenvalue weighted by molar-refractivity contribution is -0.122. The van der Waals surface area contributed by atoms with Crippen LogP contribution in [0.5, 0.6) is 0 Å². The Kier molecular flexibility index (Phi) is 4.86. The highest BCUT2D eigenvalue weighted by molar-refractivity contribution is 6.86. The van der Waals surface area contributed by atoms with Gasteiger partial charge in [-0.3, -0.25) is 0 Å². The van der Waals surface area contributed by atoms with Crippen molar-refractivity contribution in [2.24, 2.45) is 0 Å². The largest absolute Gasteiger partial charge is 0.462 e. The first-order chi connectivity index (χ1) is 10.9.